The van der Waals surface area contributed by atoms with E-state index in [9.17, 15) is 9.59 Å². The van der Waals surface area contributed by atoms with E-state index in [1.165, 1.54) is 7.11 Å². The predicted molar refractivity (Wildman–Crippen MR) is 118 cm³/mol. The SMILES string of the molecule is COc1cc2nc([C@H]3CC[C@H](C(=O)OC)CC3)sc2cc1NC(=O)c1ccnc(C)n1. The molecule has 0 bridgehead atoms. The van der Waals surface area contributed by atoms with Crippen molar-refractivity contribution < 1.29 is 19.1 Å². The third kappa shape index (κ3) is 4.51. The number of carbonyl (C=O) groups is 2. The number of aromatic nitrogens is 3. The second-order valence-electron chi connectivity index (χ2n) is 7.59. The number of rotatable bonds is 5. The molecule has 31 heavy (non-hydrogen) atoms. The van der Waals surface area contributed by atoms with Gasteiger partial charge in [-0.25, -0.2) is 15.0 Å². The lowest BCUT2D eigenvalue weighted by Gasteiger charge is -2.25. The average molecular weight is 441 g/mol. The number of nitrogens with zero attached hydrogens (tertiary/aromatic N) is 3. The van der Waals surface area contributed by atoms with Crippen molar-refractivity contribution >= 4 is 39.1 Å². The standard InChI is InChI=1S/C22H24N4O4S/c1-12-23-9-8-15(24-12)20(27)25-16-11-19-17(10-18(16)29-2)26-21(31-19)13-4-6-14(7-5-13)22(28)30-3/h8-11,13-14H,4-7H2,1-3H3,(H,25,27)/t13-,14-. The molecule has 8 nitrogen and oxygen atoms in total. The largest absolute Gasteiger partial charge is 0.494 e. The Morgan fingerprint density at radius 3 is 2.58 bits per heavy atom. The molecule has 0 radical (unpaired) electrons. The molecular formula is C22H24N4O4S. The first-order valence-corrected chi connectivity index (χ1v) is 11.0. The molecule has 2 aromatic heterocycles. The fourth-order valence-corrected chi connectivity index (χ4v) is 5.08. The van der Waals surface area contributed by atoms with Crippen LogP contribution in [0.2, 0.25) is 0 Å². The summed E-state index contributed by atoms with van der Waals surface area (Å²) in [5.74, 6) is 0.942. The molecule has 0 aliphatic heterocycles. The minimum absolute atomic E-state index is 0.0111. The lowest BCUT2D eigenvalue weighted by molar-refractivity contribution is -0.146. The lowest BCUT2D eigenvalue weighted by atomic mass is 9.82. The first-order chi connectivity index (χ1) is 15.0. The highest BCUT2D eigenvalue weighted by Gasteiger charge is 2.29. The third-order valence-corrected chi connectivity index (χ3v) is 6.77. The minimum atomic E-state index is -0.325. The van der Waals surface area contributed by atoms with Gasteiger partial charge in [0.15, 0.2) is 0 Å². The number of esters is 1. The highest BCUT2D eigenvalue weighted by molar-refractivity contribution is 7.18. The third-order valence-electron chi connectivity index (χ3n) is 5.59. The first kappa shape index (κ1) is 21.2. The van der Waals surface area contributed by atoms with Gasteiger partial charge in [-0.15, -0.1) is 11.3 Å². The lowest BCUT2D eigenvalue weighted by Crippen LogP contribution is -2.22. The number of nitrogens with one attached hydrogen (secondary N) is 1. The van der Waals surface area contributed by atoms with Gasteiger partial charge >= 0.3 is 5.97 Å². The van der Waals surface area contributed by atoms with Crippen molar-refractivity contribution in [3.8, 4) is 5.75 Å². The van der Waals surface area contributed by atoms with Gasteiger partial charge in [0.25, 0.3) is 5.91 Å². The second-order valence-corrected chi connectivity index (χ2v) is 8.65. The molecule has 1 N–H and O–H groups in total. The zero-order chi connectivity index (χ0) is 22.0. The number of methoxy groups -OCH3 is 2. The average Bonchev–Trinajstić information content (AvgIpc) is 3.21. The molecule has 0 unspecified atom stereocenters. The normalized spacial score (nSPS) is 18.5. The number of hydrogen-bond acceptors (Lipinski definition) is 8. The van der Waals surface area contributed by atoms with E-state index >= 15 is 0 Å². The number of amides is 1. The fourth-order valence-electron chi connectivity index (χ4n) is 3.93. The minimum Gasteiger partial charge on any atom is -0.494 e. The van der Waals surface area contributed by atoms with E-state index in [0.29, 0.717) is 28.9 Å². The molecule has 3 aromatic rings. The van der Waals surface area contributed by atoms with Crippen LogP contribution in [0.3, 0.4) is 0 Å². The van der Waals surface area contributed by atoms with E-state index in [1.54, 1.807) is 37.6 Å². The quantitative estimate of drug-likeness (QED) is 0.596. The van der Waals surface area contributed by atoms with Crippen LogP contribution in [0.1, 0.15) is 52.9 Å². The van der Waals surface area contributed by atoms with Gasteiger partial charge in [0.1, 0.15) is 17.3 Å². The molecule has 4 rings (SSSR count). The van der Waals surface area contributed by atoms with Gasteiger partial charge in [0.05, 0.1) is 41.0 Å². The van der Waals surface area contributed by atoms with E-state index < -0.39 is 0 Å². The van der Waals surface area contributed by atoms with Crippen molar-refractivity contribution in [3.05, 3.63) is 40.9 Å². The summed E-state index contributed by atoms with van der Waals surface area (Å²) < 4.78 is 11.3. The van der Waals surface area contributed by atoms with Crippen LogP contribution in [0.4, 0.5) is 5.69 Å². The molecule has 162 valence electrons. The topological polar surface area (TPSA) is 103 Å². The number of thiazole rings is 1. The molecule has 1 fully saturated rings. The Hall–Kier alpha value is -3.07. The summed E-state index contributed by atoms with van der Waals surface area (Å²) in [6.45, 7) is 1.74. The van der Waals surface area contributed by atoms with Crippen LogP contribution in [0.25, 0.3) is 10.2 Å². The van der Waals surface area contributed by atoms with Crippen LogP contribution in [0.5, 0.6) is 5.75 Å². The van der Waals surface area contributed by atoms with Crippen LogP contribution in [0.15, 0.2) is 24.4 Å². The van der Waals surface area contributed by atoms with E-state index in [4.69, 9.17) is 14.5 Å². The second kappa shape index (κ2) is 8.97. The van der Waals surface area contributed by atoms with Gasteiger partial charge in [0, 0.05) is 18.2 Å². The summed E-state index contributed by atoms with van der Waals surface area (Å²) in [6, 6.07) is 5.31. The number of fused-ring (bicyclic) bond motifs is 1. The summed E-state index contributed by atoms with van der Waals surface area (Å²) in [6.07, 6.45) is 5.01. The number of benzene rings is 1. The molecule has 1 aliphatic rings. The number of aryl methyl sites for hydroxylation is 1. The number of carbonyl (C=O) groups excluding carboxylic acids is 2. The Morgan fingerprint density at radius 2 is 1.90 bits per heavy atom. The maximum absolute atomic E-state index is 12.6. The monoisotopic (exact) mass is 440 g/mol. The van der Waals surface area contributed by atoms with Gasteiger partial charge in [-0.3, -0.25) is 9.59 Å². The molecule has 2 heterocycles. The number of ether oxygens (including phenoxy) is 2. The van der Waals surface area contributed by atoms with Crippen LogP contribution >= 0.6 is 11.3 Å². The smallest absolute Gasteiger partial charge is 0.308 e. The van der Waals surface area contributed by atoms with Crippen LogP contribution < -0.4 is 10.1 Å². The van der Waals surface area contributed by atoms with Crippen LogP contribution in [0, 0.1) is 12.8 Å². The van der Waals surface area contributed by atoms with Crippen molar-refractivity contribution in [2.75, 3.05) is 19.5 Å². The zero-order valence-electron chi connectivity index (χ0n) is 17.7. The maximum atomic E-state index is 12.6. The molecule has 9 heteroatoms. The van der Waals surface area contributed by atoms with Gasteiger partial charge in [0.2, 0.25) is 0 Å². The molecule has 1 aromatic carbocycles. The highest BCUT2D eigenvalue weighted by atomic mass is 32.1. The summed E-state index contributed by atoms with van der Waals surface area (Å²) in [5, 5.41) is 3.94. The van der Waals surface area contributed by atoms with Gasteiger partial charge in [-0.05, 0) is 44.7 Å². The van der Waals surface area contributed by atoms with Crippen molar-refractivity contribution in [1.82, 2.24) is 15.0 Å². The summed E-state index contributed by atoms with van der Waals surface area (Å²) in [7, 11) is 3.00. The van der Waals surface area contributed by atoms with Crippen LogP contribution in [-0.2, 0) is 9.53 Å². The molecule has 1 amide bonds. The molecule has 0 spiro atoms. The zero-order valence-corrected chi connectivity index (χ0v) is 18.5. The van der Waals surface area contributed by atoms with E-state index in [1.807, 2.05) is 12.1 Å². The molecule has 1 aliphatic carbocycles. The predicted octanol–water partition coefficient (Wildman–Crippen LogP) is 4.10. The highest BCUT2D eigenvalue weighted by Crippen LogP contribution is 2.41. The molecule has 0 atom stereocenters. The van der Waals surface area contributed by atoms with Gasteiger partial charge in [-0.2, -0.15) is 0 Å². The van der Waals surface area contributed by atoms with Gasteiger partial charge < -0.3 is 14.8 Å². The fraction of sp³-hybridized carbons (Fsp3) is 0.409. The summed E-state index contributed by atoms with van der Waals surface area (Å²) in [4.78, 5) is 37.4. The van der Waals surface area contributed by atoms with Crippen LogP contribution in [-0.4, -0.2) is 41.0 Å². The molecule has 1 saturated carbocycles. The van der Waals surface area contributed by atoms with Gasteiger partial charge in [-0.1, -0.05) is 0 Å². The Morgan fingerprint density at radius 1 is 1.13 bits per heavy atom. The van der Waals surface area contributed by atoms with Crippen molar-refractivity contribution in [3.63, 3.8) is 0 Å². The van der Waals surface area contributed by atoms with Crippen molar-refractivity contribution in [2.24, 2.45) is 5.92 Å². The Labute approximate surface area is 184 Å². The maximum Gasteiger partial charge on any atom is 0.308 e. The number of anilines is 1. The Balaban J connectivity index is 1.55. The van der Waals surface area contributed by atoms with E-state index in [-0.39, 0.29) is 17.8 Å². The van der Waals surface area contributed by atoms with E-state index in [0.717, 1.165) is 40.9 Å². The van der Waals surface area contributed by atoms with Crippen molar-refractivity contribution in [2.45, 2.75) is 38.5 Å². The summed E-state index contributed by atoms with van der Waals surface area (Å²) in [5.41, 5.74) is 1.70. The Bertz CT molecular complexity index is 1120. The molecule has 0 saturated heterocycles. The summed E-state index contributed by atoms with van der Waals surface area (Å²) >= 11 is 1.62. The first-order valence-electron chi connectivity index (χ1n) is 10.2. The van der Waals surface area contributed by atoms with E-state index in [2.05, 4.69) is 15.3 Å². The van der Waals surface area contributed by atoms with Crippen molar-refractivity contribution in [1.29, 1.82) is 0 Å². The molecular weight excluding hydrogens is 416 g/mol. The Kier molecular flexibility index (Phi) is 6.13. The number of hydrogen-bond donors (Lipinski definition) is 1.